The predicted molar refractivity (Wildman–Crippen MR) is 92.8 cm³/mol. The van der Waals surface area contributed by atoms with Crippen molar-refractivity contribution in [2.45, 2.75) is 32.9 Å². The van der Waals surface area contributed by atoms with Gasteiger partial charge < -0.3 is 24.3 Å². The average Bonchev–Trinajstić information content (AvgIpc) is 2.59. The van der Waals surface area contributed by atoms with E-state index in [1.165, 1.54) is 40.4 Å². The third-order valence-electron chi connectivity index (χ3n) is 3.21. The molecule has 26 heavy (non-hydrogen) atoms. The zero-order chi connectivity index (χ0) is 19.9. The lowest BCUT2D eigenvalue weighted by Crippen LogP contribution is -2.46. The van der Waals surface area contributed by atoms with Gasteiger partial charge in [0.15, 0.2) is 17.6 Å². The molecule has 1 aromatic rings. The Hall–Kier alpha value is -2.97. The van der Waals surface area contributed by atoms with Gasteiger partial charge in [0, 0.05) is 6.04 Å². The van der Waals surface area contributed by atoms with Crippen molar-refractivity contribution < 1.29 is 33.3 Å². The zero-order valence-electron chi connectivity index (χ0n) is 15.7. The first-order valence-electron chi connectivity index (χ1n) is 7.85. The monoisotopic (exact) mass is 368 g/mol. The molecule has 1 unspecified atom stereocenters. The molecule has 9 heteroatoms. The lowest BCUT2D eigenvalue weighted by Gasteiger charge is -2.16. The van der Waals surface area contributed by atoms with Crippen LogP contribution in [0.3, 0.4) is 0 Å². The number of rotatable bonds is 7. The van der Waals surface area contributed by atoms with E-state index in [1.54, 1.807) is 13.8 Å². The van der Waals surface area contributed by atoms with Crippen molar-refractivity contribution in [1.29, 1.82) is 0 Å². The van der Waals surface area contributed by atoms with Crippen LogP contribution in [0, 0.1) is 0 Å². The van der Waals surface area contributed by atoms with Crippen LogP contribution in [0.5, 0.6) is 17.2 Å². The van der Waals surface area contributed by atoms with Gasteiger partial charge in [0.1, 0.15) is 0 Å². The number of hydrogen-bond acceptors (Lipinski definition) is 7. The minimum atomic E-state index is -1.18. The molecule has 0 aliphatic rings. The summed E-state index contributed by atoms with van der Waals surface area (Å²) in [6, 6.07) is 2.00. The summed E-state index contributed by atoms with van der Waals surface area (Å²) >= 11 is 0. The highest BCUT2D eigenvalue weighted by Crippen LogP contribution is 2.38. The molecule has 1 aromatic carbocycles. The van der Waals surface area contributed by atoms with Crippen LogP contribution in [0.25, 0.3) is 0 Å². The summed E-state index contributed by atoms with van der Waals surface area (Å²) in [6.45, 7) is 4.85. The molecule has 0 saturated carbocycles. The van der Waals surface area contributed by atoms with Gasteiger partial charge in [-0.15, -0.1) is 0 Å². The van der Waals surface area contributed by atoms with E-state index in [2.05, 4.69) is 10.6 Å². The fraction of sp³-hybridized carbons (Fsp3) is 0.471. The van der Waals surface area contributed by atoms with E-state index in [0.717, 1.165) is 0 Å². The molecule has 0 aliphatic heterocycles. The minimum Gasteiger partial charge on any atom is -0.493 e. The van der Waals surface area contributed by atoms with Crippen molar-refractivity contribution >= 4 is 17.9 Å². The number of esters is 1. The Bertz CT molecular complexity index is 648. The van der Waals surface area contributed by atoms with Gasteiger partial charge in [-0.2, -0.15) is 0 Å². The van der Waals surface area contributed by atoms with Gasteiger partial charge in [0.2, 0.25) is 5.75 Å². The predicted octanol–water partition coefficient (Wildman–Crippen LogP) is 1.49. The minimum absolute atomic E-state index is 0.103. The molecule has 1 atom stereocenters. The molecule has 2 N–H and O–H groups in total. The van der Waals surface area contributed by atoms with E-state index >= 15 is 0 Å². The Kier molecular flexibility index (Phi) is 7.70. The number of carbonyl (C=O) groups is 3. The van der Waals surface area contributed by atoms with Crippen LogP contribution in [0.4, 0.5) is 4.79 Å². The molecule has 0 spiro atoms. The van der Waals surface area contributed by atoms with E-state index in [4.69, 9.17) is 18.9 Å². The lowest BCUT2D eigenvalue weighted by molar-refractivity contribution is -0.127. The molecular formula is C17H24N2O7. The first-order chi connectivity index (χ1) is 12.2. The summed E-state index contributed by atoms with van der Waals surface area (Å²) < 4.78 is 20.6. The summed E-state index contributed by atoms with van der Waals surface area (Å²) in [4.78, 5) is 35.8. The third-order valence-corrected chi connectivity index (χ3v) is 3.21. The summed E-state index contributed by atoms with van der Waals surface area (Å²) in [5.41, 5.74) is 0.103. The molecule has 0 heterocycles. The van der Waals surface area contributed by atoms with Gasteiger partial charge in [0.25, 0.3) is 5.91 Å². The number of ether oxygens (including phenoxy) is 4. The Morgan fingerprint density at radius 1 is 0.923 bits per heavy atom. The molecule has 9 nitrogen and oxygen atoms in total. The normalized spacial score (nSPS) is 11.3. The van der Waals surface area contributed by atoms with Crippen molar-refractivity contribution in [3.05, 3.63) is 17.7 Å². The number of benzene rings is 1. The molecule has 0 saturated heterocycles. The van der Waals surface area contributed by atoms with E-state index in [-0.39, 0.29) is 23.1 Å². The van der Waals surface area contributed by atoms with Crippen molar-refractivity contribution in [1.82, 2.24) is 10.6 Å². The van der Waals surface area contributed by atoms with Crippen LogP contribution >= 0.6 is 0 Å². The Balaban J connectivity index is 2.86. The van der Waals surface area contributed by atoms with Crippen LogP contribution < -0.4 is 24.8 Å². The highest BCUT2D eigenvalue weighted by atomic mass is 16.5. The molecule has 0 fully saturated rings. The largest absolute Gasteiger partial charge is 0.493 e. The second kappa shape index (κ2) is 9.50. The van der Waals surface area contributed by atoms with Crippen LogP contribution in [-0.4, -0.2) is 51.4 Å². The van der Waals surface area contributed by atoms with Crippen LogP contribution in [0.15, 0.2) is 12.1 Å². The topological polar surface area (TPSA) is 112 Å². The van der Waals surface area contributed by atoms with E-state index in [1.807, 2.05) is 0 Å². The Morgan fingerprint density at radius 3 is 1.88 bits per heavy atom. The summed E-state index contributed by atoms with van der Waals surface area (Å²) in [5, 5.41) is 4.59. The summed E-state index contributed by atoms with van der Waals surface area (Å²) in [5.74, 6) is -0.665. The van der Waals surface area contributed by atoms with Gasteiger partial charge in [-0.3, -0.25) is 10.1 Å². The van der Waals surface area contributed by atoms with E-state index < -0.39 is 24.0 Å². The standard InChI is InChI=1S/C17H24N2O7/c1-9(2)18-17(22)19-15(20)10(3)26-16(21)11-7-12(23-4)14(25-6)13(8-11)24-5/h7-10H,1-6H3,(H2,18,19,20,22). The first-order valence-corrected chi connectivity index (χ1v) is 7.85. The molecule has 0 aliphatic carbocycles. The third kappa shape index (κ3) is 5.54. The van der Waals surface area contributed by atoms with Gasteiger partial charge in [-0.1, -0.05) is 0 Å². The quantitative estimate of drug-likeness (QED) is 0.701. The van der Waals surface area contributed by atoms with Crippen LogP contribution in [0.1, 0.15) is 31.1 Å². The first kappa shape index (κ1) is 21.1. The number of methoxy groups -OCH3 is 3. The number of urea groups is 1. The maximum Gasteiger partial charge on any atom is 0.339 e. The zero-order valence-corrected chi connectivity index (χ0v) is 15.7. The maximum absolute atomic E-state index is 12.3. The fourth-order valence-corrected chi connectivity index (χ4v) is 1.99. The lowest BCUT2D eigenvalue weighted by atomic mass is 10.2. The molecule has 1 rings (SSSR count). The van der Waals surface area contributed by atoms with Gasteiger partial charge in [0.05, 0.1) is 26.9 Å². The van der Waals surface area contributed by atoms with Crippen molar-refractivity contribution in [3.8, 4) is 17.2 Å². The second-order valence-electron chi connectivity index (χ2n) is 5.58. The fourth-order valence-electron chi connectivity index (χ4n) is 1.99. The molecule has 3 amide bonds. The maximum atomic E-state index is 12.3. The number of nitrogens with one attached hydrogen (secondary N) is 2. The molecular weight excluding hydrogens is 344 g/mol. The van der Waals surface area contributed by atoms with Crippen molar-refractivity contribution in [3.63, 3.8) is 0 Å². The number of hydrogen-bond donors (Lipinski definition) is 2. The van der Waals surface area contributed by atoms with Crippen molar-refractivity contribution in [2.24, 2.45) is 0 Å². The number of carbonyl (C=O) groups excluding carboxylic acids is 3. The van der Waals surface area contributed by atoms with Gasteiger partial charge in [-0.05, 0) is 32.9 Å². The summed E-state index contributed by atoms with van der Waals surface area (Å²) in [7, 11) is 4.26. The molecule has 144 valence electrons. The van der Waals surface area contributed by atoms with Crippen LogP contribution in [0.2, 0.25) is 0 Å². The van der Waals surface area contributed by atoms with Gasteiger partial charge >= 0.3 is 12.0 Å². The summed E-state index contributed by atoms with van der Waals surface area (Å²) in [6.07, 6.45) is -1.18. The number of amides is 3. The molecule has 0 radical (unpaired) electrons. The Labute approximate surface area is 151 Å². The average molecular weight is 368 g/mol. The SMILES string of the molecule is COc1cc(C(=O)OC(C)C(=O)NC(=O)NC(C)C)cc(OC)c1OC. The van der Waals surface area contributed by atoms with Crippen LogP contribution in [-0.2, 0) is 9.53 Å². The molecule has 0 bridgehead atoms. The van der Waals surface area contributed by atoms with E-state index in [9.17, 15) is 14.4 Å². The highest BCUT2D eigenvalue weighted by Gasteiger charge is 2.23. The Morgan fingerprint density at radius 2 is 1.46 bits per heavy atom. The second-order valence-corrected chi connectivity index (χ2v) is 5.58. The van der Waals surface area contributed by atoms with E-state index in [0.29, 0.717) is 5.75 Å². The molecule has 0 aromatic heterocycles. The number of imide groups is 1. The highest BCUT2D eigenvalue weighted by molar-refractivity contribution is 5.98. The van der Waals surface area contributed by atoms with Gasteiger partial charge in [-0.25, -0.2) is 9.59 Å². The smallest absolute Gasteiger partial charge is 0.339 e. The van der Waals surface area contributed by atoms with Crippen molar-refractivity contribution in [2.75, 3.05) is 21.3 Å².